The summed E-state index contributed by atoms with van der Waals surface area (Å²) >= 11 is 7.06. The highest BCUT2D eigenvalue weighted by molar-refractivity contribution is 7.22. The number of hydrogen-bond donors (Lipinski definition) is 1. The van der Waals surface area contributed by atoms with E-state index in [1.165, 1.54) is 23.7 Å². The van der Waals surface area contributed by atoms with Gasteiger partial charge in [-0.15, -0.1) is 0 Å². The Morgan fingerprint density at radius 1 is 1.33 bits per heavy atom. The van der Waals surface area contributed by atoms with Gasteiger partial charge < -0.3 is 4.74 Å². The molecule has 1 amide bonds. The molecule has 8 heteroatoms. The van der Waals surface area contributed by atoms with Gasteiger partial charge in [0.25, 0.3) is 5.91 Å². The first-order valence-corrected chi connectivity index (χ1v) is 7.08. The van der Waals surface area contributed by atoms with Crippen molar-refractivity contribution in [2.45, 2.75) is 0 Å². The molecule has 0 aliphatic rings. The molecular formula is C13H9ClN4O2S. The number of nitrogens with one attached hydrogen (secondary N) is 1. The fourth-order valence-electron chi connectivity index (χ4n) is 1.70. The molecule has 3 rings (SSSR count). The number of nitrogens with zero attached hydrogens (tertiary/aromatic N) is 3. The second kappa shape index (κ2) is 5.63. The summed E-state index contributed by atoms with van der Waals surface area (Å²) in [6.07, 6.45) is 2.71. The molecule has 0 aliphatic heterocycles. The first-order chi connectivity index (χ1) is 10.2. The fourth-order valence-corrected chi connectivity index (χ4v) is 2.73. The predicted molar refractivity (Wildman–Crippen MR) is 81.2 cm³/mol. The number of fused-ring (bicyclic) bond motifs is 1. The van der Waals surface area contributed by atoms with Crippen molar-refractivity contribution >= 4 is 44.2 Å². The van der Waals surface area contributed by atoms with Crippen LogP contribution in [0.2, 0.25) is 5.15 Å². The molecule has 0 saturated carbocycles. The molecule has 1 aromatic carbocycles. The molecule has 0 atom stereocenters. The Labute approximate surface area is 128 Å². The summed E-state index contributed by atoms with van der Waals surface area (Å²) in [7, 11) is 1.60. The molecule has 0 aliphatic carbocycles. The molecule has 3 aromatic rings. The van der Waals surface area contributed by atoms with E-state index in [0.29, 0.717) is 5.13 Å². The molecule has 0 bridgehead atoms. The average molecular weight is 321 g/mol. The lowest BCUT2D eigenvalue weighted by atomic mass is 10.3. The molecule has 0 radical (unpaired) electrons. The SMILES string of the molecule is COc1ccc2nc(NC(=O)c3cncc(Cl)n3)sc2c1. The van der Waals surface area contributed by atoms with Gasteiger partial charge in [-0.1, -0.05) is 22.9 Å². The molecular weight excluding hydrogens is 312 g/mol. The van der Waals surface area contributed by atoms with E-state index in [2.05, 4.69) is 20.3 Å². The molecule has 2 aromatic heterocycles. The van der Waals surface area contributed by atoms with Gasteiger partial charge in [-0.3, -0.25) is 15.1 Å². The van der Waals surface area contributed by atoms with Crippen molar-refractivity contribution in [2.24, 2.45) is 0 Å². The van der Waals surface area contributed by atoms with E-state index < -0.39 is 5.91 Å². The molecule has 2 heterocycles. The molecule has 6 nitrogen and oxygen atoms in total. The quantitative estimate of drug-likeness (QED) is 0.802. The van der Waals surface area contributed by atoms with E-state index in [0.717, 1.165) is 16.0 Å². The highest BCUT2D eigenvalue weighted by Crippen LogP contribution is 2.29. The number of anilines is 1. The highest BCUT2D eigenvalue weighted by Gasteiger charge is 2.12. The number of rotatable bonds is 3. The Balaban J connectivity index is 1.86. The standard InChI is InChI=1S/C13H9ClN4O2S/c1-20-7-2-3-8-10(4-7)21-13(17-8)18-12(19)9-5-15-6-11(14)16-9/h2-6H,1H3,(H,17,18,19). The van der Waals surface area contributed by atoms with Crippen LogP contribution < -0.4 is 10.1 Å². The van der Waals surface area contributed by atoms with Crippen LogP contribution in [0.3, 0.4) is 0 Å². The Hall–Kier alpha value is -2.25. The normalized spacial score (nSPS) is 10.6. The fraction of sp³-hybridized carbons (Fsp3) is 0.0769. The number of thiazole rings is 1. The average Bonchev–Trinajstić information content (AvgIpc) is 2.88. The van der Waals surface area contributed by atoms with Crippen molar-refractivity contribution in [1.29, 1.82) is 0 Å². The second-order valence-corrected chi connectivity index (χ2v) is 5.45. The van der Waals surface area contributed by atoms with Gasteiger partial charge in [-0.2, -0.15) is 0 Å². The van der Waals surface area contributed by atoms with Crippen LogP contribution >= 0.6 is 22.9 Å². The van der Waals surface area contributed by atoms with Crippen LogP contribution in [0.15, 0.2) is 30.6 Å². The Kier molecular flexibility index (Phi) is 3.68. The zero-order valence-electron chi connectivity index (χ0n) is 10.8. The van der Waals surface area contributed by atoms with Crippen molar-refractivity contribution < 1.29 is 9.53 Å². The van der Waals surface area contributed by atoms with Crippen molar-refractivity contribution in [3.8, 4) is 5.75 Å². The van der Waals surface area contributed by atoms with Gasteiger partial charge in [0.1, 0.15) is 16.6 Å². The van der Waals surface area contributed by atoms with Crippen molar-refractivity contribution in [3.63, 3.8) is 0 Å². The number of methoxy groups -OCH3 is 1. The third-order valence-electron chi connectivity index (χ3n) is 2.65. The van der Waals surface area contributed by atoms with Gasteiger partial charge in [0.15, 0.2) is 5.13 Å². The first kappa shape index (κ1) is 13.7. The van der Waals surface area contributed by atoms with Gasteiger partial charge in [-0.25, -0.2) is 9.97 Å². The van der Waals surface area contributed by atoms with Crippen molar-refractivity contribution in [1.82, 2.24) is 15.0 Å². The number of benzene rings is 1. The highest BCUT2D eigenvalue weighted by atomic mass is 35.5. The van der Waals surface area contributed by atoms with Crippen molar-refractivity contribution in [2.75, 3.05) is 12.4 Å². The Bertz CT molecular complexity index is 821. The predicted octanol–water partition coefficient (Wildman–Crippen LogP) is 3.00. The largest absolute Gasteiger partial charge is 0.497 e. The van der Waals surface area contributed by atoms with Crippen LogP contribution in [0.4, 0.5) is 5.13 Å². The minimum Gasteiger partial charge on any atom is -0.497 e. The van der Waals surface area contributed by atoms with Crippen LogP contribution in [0, 0.1) is 0 Å². The summed E-state index contributed by atoms with van der Waals surface area (Å²) in [5.74, 6) is 0.334. The summed E-state index contributed by atoms with van der Waals surface area (Å²) in [6, 6.07) is 5.51. The Morgan fingerprint density at radius 2 is 2.19 bits per heavy atom. The maximum atomic E-state index is 12.0. The number of hydrogen-bond acceptors (Lipinski definition) is 6. The second-order valence-electron chi connectivity index (χ2n) is 4.03. The van der Waals surface area contributed by atoms with Gasteiger partial charge in [-0.05, 0) is 18.2 Å². The number of carbonyl (C=O) groups is 1. The molecule has 1 N–H and O–H groups in total. The summed E-state index contributed by atoms with van der Waals surface area (Å²) in [4.78, 5) is 24.1. The molecule has 0 fully saturated rings. The van der Waals surface area contributed by atoms with Gasteiger partial charge in [0.05, 0.1) is 29.7 Å². The van der Waals surface area contributed by atoms with Crippen LogP contribution in [-0.4, -0.2) is 28.0 Å². The first-order valence-electron chi connectivity index (χ1n) is 5.89. The number of carbonyl (C=O) groups excluding carboxylic acids is 1. The number of halogens is 1. The minimum absolute atomic E-state index is 0.138. The van der Waals surface area contributed by atoms with Gasteiger partial charge in [0, 0.05) is 0 Å². The zero-order chi connectivity index (χ0) is 14.8. The third kappa shape index (κ3) is 2.93. The third-order valence-corrected chi connectivity index (χ3v) is 3.77. The topological polar surface area (TPSA) is 77.0 Å². The molecule has 21 heavy (non-hydrogen) atoms. The lowest BCUT2D eigenvalue weighted by Crippen LogP contribution is -2.13. The van der Waals surface area contributed by atoms with Crippen LogP contribution in [-0.2, 0) is 0 Å². The maximum absolute atomic E-state index is 12.0. The number of amides is 1. The van der Waals surface area contributed by atoms with E-state index in [1.807, 2.05) is 18.2 Å². The molecule has 0 spiro atoms. The molecule has 0 saturated heterocycles. The smallest absolute Gasteiger partial charge is 0.277 e. The van der Waals surface area contributed by atoms with Crippen LogP contribution in [0.5, 0.6) is 5.75 Å². The van der Waals surface area contributed by atoms with Crippen LogP contribution in [0.25, 0.3) is 10.2 Å². The van der Waals surface area contributed by atoms with Gasteiger partial charge in [0.2, 0.25) is 0 Å². The number of ether oxygens (including phenoxy) is 1. The lowest BCUT2D eigenvalue weighted by Gasteiger charge is -1.99. The van der Waals surface area contributed by atoms with E-state index in [1.54, 1.807) is 7.11 Å². The summed E-state index contributed by atoms with van der Waals surface area (Å²) in [5.41, 5.74) is 0.924. The van der Waals surface area contributed by atoms with E-state index in [4.69, 9.17) is 16.3 Å². The maximum Gasteiger partial charge on any atom is 0.277 e. The number of aromatic nitrogens is 3. The molecule has 0 unspecified atom stereocenters. The van der Waals surface area contributed by atoms with Crippen LogP contribution in [0.1, 0.15) is 10.5 Å². The van der Waals surface area contributed by atoms with Gasteiger partial charge >= 0.3 is 0 Å². The lowest BCUT2D eigenvalue weighted by molar-refractivity contribution is 0.102. The summed E-state index contributed by atoms with van der Waals surface area (Å²) in [6.45, 7) is 0. The summed E-state index contributed by atoms with van der Waals surface area (Å²) < 4.78 is 6.07. The Morgan fingerprint density at radius 3 is 2.95 bits per heavy atom. The molecule has 106 valence electrons. The monoisotopic (exact) mass is 320 g/mol. The van der Waals surface area contributed by atoms with E-state index in [9.17, 15) is 4.79 Å². The zero-order valence-corrected chi connectivity index (χ0v) is 12.4. The van der Waals surface area contributed by atoms with Crippen molar-refractivity contribution in [3.05, 3.63) is 41.4 Å². The van der Waals surface area contributed by atoms with E-state index in [-0.39, 0.29) is 10.8 Å². The minimum atomic E-state index is -0.406. The van der Waals surface area contributed by atoms with E-state index >= 15 is 0 Å². The summed E-state index contributed by atoms with van der Waals surface area (Å²) in [5, 5.41) is 3.32.